The molecule has 0 aliphatic carbocycles. The first-order valence-electron chi connectivity index (χ1n) is 5.63. The van der Waals surface area contributed by atoms with Crippen LogP contribution in [0.1, 0.15) is 31.0 Å². The predicted octanol–water partition coefficient (Wildman–Crippen LogP) is 1.42. The van der Waals surface area contributed by atoms with Crippen LogP contribution in [0.2, 0.25) is 5.22 Å². The normalized spacial score (nSPS) is 12.5. The maximum absolute atomic E-state index is 11.5. The van der Waals surface area contributed by atoms with Crippen molar-refractivity contribution in [3.8, 4) is 0 Å². The molecule has 5 nitrogen and oxygen atoms in total. The smallest absolute Gasteiger partial charge is 0.229 e. The minimum atomic E-state index is -0.0117. The number of nitrogens with two attached hydrogens (primary N) is 1. The molecule has 17 heavy (non-hydrogen) atoms. The standard InChI is InChI=1S/C11H18ClN3O2/c1-7(13)5-6-14-10(16)4-3-9-8(2)15-17-11(9)12/h7H,3-6,13H2,1-2H3,(H,14,16). The number of halogens is 1. The number of nitrogens with zero attached hydrogens (tertiary/aromatic N) is 1. The van der Waals surface area contributed by atoms with Crippen molar-refractivity contribution in [2.75, 3.05) is 6.54 Å². The second kappa shape index (κ2) is 6.61. The fourth-order valence-corrected chi connectivity index (χ4v) is 1.67. The summed E-state index contributed by atoms with van der Waals surface area (Å²) in [6.45, 7) is 4.32. The van der Waals surface area contributed by atoms with Gasteiger partial charge in [0.2, 0.25) is 11.1 Å². The summed E-state index contributed by atoms with van der Waals surface area (Å²) in [7, 11) is 0. The molecule has 0 saturated carbocycles. The van der Waals surface area contributed by atoms with Gasteiger partial charge in [0.1, 0.15) is 0 Å². The molecule has 0 aromatic carbocycles. The summed E-state index contributed by atoms with van der Waals surface area (Å²) in [5, 5.41) is 6.80. The van der Waals surface area contributed by atoms with Gasteiger partial charge in [-0.1, -0.05) is 5.16 Å². The molecule has 1 amide bonds. The molecule has 6 heteroatoms. The van der Waals surface area contributed by atoms with Crippen molar-refractivity contribution in [2.24, 2.45) is 5.73 Å². The van der Waals surface area contributed by atoms with Gasteiger partial charge in [-0.25, -0.2) is 0 Å². The lowest BCUT2D eigenvalue weighted by molar-refractivity contribution is -0.121. The molecule has 0 spiro atoms. The Balaban J connectivity index is 2.29. The van der Waals surface area contributed by atoms with E-state index >= 15 is 0 Å². The SMILES string of the molecule is Cc1noc(Cl)c1CCC(=O)NCCC(C)N. The number of carbonyl (C=O) groups is 1. The van der Waals surface area contributed by atoms with Gasteiger partial charge in [-0.2, -0.15) is 0 Å². The minimum Gasteiger partial charge on any atom is -0.356 e. The Labute approximate surface area is 106 Å². The molecule has 1 rings (SSSR count). The molecule has 0 aliphatic heterocycles. The van der Waals surface area contributed by atoms with Crippen molar-refractivity contribution in [3.05, 3.63) is 16.5 Å². The molecular weight excluding hydrogens is 242 g/mol. The van der Waals surface area contributed by atoms with Gasteiger partial charge >= 0.3 is 0 Å². The van der Waals surface area contributed by atoms with Gasteiger partial charge in [0.25, 0.3) is 0 Å². The van der Waals surface area contributed by atoms with Crippen LogP contribution in [0.5, 0.6) is 0 Å². The van der Waals surface area contributed by atoms with Gasteiger partial charge < -0.3 is 15.6 Å². The third-order valence-electron chi connectivity index (χ3n) is 2.46. The van der Waals surface area contributed by atoms with E-state index in [9.17, 15) is 4.79 Å². The van der Waals surface area contributed by atoms with Crippen LogP contribution < -0.4 is 11.1 Å². The maximum Gasteiger partial charge on any atom is 0.229 e. The third-order valence-corrected chi connectivity index (χ3v) is 2.76. The molecule has 3 N–H and O–H groups in total. The van der Waals surface area contributed by atoms with Crippen molar-refractivity contribution in [3.63, 3.8) is 0 Å². The van der Waals surface area contributed by atoms with Crippen LogP contribution in [0.3, 0.4) is 0 Å². The van der Waals surface area contributed by atoms with Crippen molar-refractivity contribution in [1.82, 2.24) is 10.5 Å². The highest BCUT2D eigenvalue weighted by molar-refractivity contribution is 6.29. The van der Waals surface area contributed by atoms with Crippen LogP contribution in [0.25, 0.3) is 0 Å². The topological polar surface area (TPSA) is 81.2 Å². The van der Waals surface area contributed by atoms with E-state index in [2.05, 4.69) is 10.5 Å². The van der Waals surface area contributed by atoms with Gasteiger partial charge in [0, 0.05) is 24.6 Å². The lowest BCUT2D eigenvalue weighted by atomic mass is 10.1. The summed E-state index contributed by atoms with van der Waals surface area (Å²) in [6, 6.07) is 0.102. The molecule has 0 fully saturated rings. The monoisotopic (exact) mass is 259 g/mol. The van der Waals surface area contributed by atoms with Crippen LogP contribution in [0.15, 0.2) is 4.52 Å². The number of nitrogens with one attached hydrogen (secondary N) is 1. The quantitative estimate of drug-likeness (QED) is 0.810. The van der Waals surface area contributed by atoms with E-state index < -0.39 is 0 Å². The molecule has 1 atom stereocenters. The summed E-state index contributed by atoms with van der Waals surface area (Å²) < 4.78 is 4.81. The van der Waals surface area contributed by atoms with E-state index in [4.69, 9.17) is 21.9 Å². The van der Waals surface area contributed by atoms with Crippen LogP contribution in [-0.4, -0.2) is 23.7 Å². The predicted molar refractivity (Wildman–Crippen MR) is 65.8 cm³/mol. The van der Waals surface area contributed by atoms with Crippen LogP contribution in [0.4, 0.5) is 0 Å². The number of rotatable bonds is 6. The summed E-state index contributed by atoms with van der Waals surface area (Å²) in [6.07, 6.45) is 1.69. The van der Waals surface area contributed by atoms with Gasteiger partial charge in [-0.15, -0.1) is 0 Å². The van der Waals surface area contributed by atoms with E-state index in [-0.39, 0.29) is 17.2 Å². The Morgan fingerprint density at radius 1 is 1.65 bits per heavy atom. The van der Waals surface area contributed by atoms with Crippen molar-refractivity contribution >= 4 is 17.5 Å². The lowest BCUT2D eigenvalue weighted by Crippen LogP contribution is -2.29. The van der Waals surface area contributed by atoms with Crippen molar-refractivity contribution < 1.29 is 9.32 Å². The Morgan fingerprint density at radius 3 is 2.88 bits per heavy atom. The van der Waals surface area contributed by atoms with Crippen molar-refractivity contribution in [1.29, 1.82) is 0 Å². The Kier molecular flexibility index (Phi) is 5.44. The van der Waals surface area contributed by atoms with Crippen molar-refractivity contribution in [2.45, 2.75) is 39.2 Å². The van der Waals surface area contributed by atoms with Crippen LogP contribution >= 0.6 is 11.6 Å². The Hall–Kier alpha value is -1.07. The van der Waals surface area contributed by atoms with Crippen LogP contribution in [0, 0.1) is 6.92 Å². The highest BCUT2D eigenvalue weighted by Crippen LogP contribution is 2.20. The zero-order chi connectivity index (χ0) is 12.8. The molecule has 1 aromatic rings. The largest absolute Gasteiger partial charge is 0.356 e. The highest BCUT2D eigenvalue weighted by Gasteiger charge is 2.12. The Morgan fingerprint density at radius 2 is 2.35 bits per heavy atom. The first kappa shape index (κ1) is 14.0. The molecule has 0 radical (unpaired) electrons. The molecular formula is C11H18ClN3O2. The highest BCUT2D eigenvalue weighted by atomic mass is 35.5. The van der Waals surface area contributed by atoms with Gasteiger partial charge in [-0.3, -0.25) is 4.79 Å². The van der Waals surface area contributed by atoms with Crippen LogP contribution in [-0.2, 0) is 11.2 Å². The van der Waals surface area contributed by atoms with E-state index in [0.29, 0.717) is 19.4 Å². The second-order valence-electron chi connectivity index (χ2n) is 4.14. The third kappa shape index (κ3) is 4.75. The second-order valence-corrected chi connectivity index (χ2v) is 4.48. The zero-order valence-electron chi connectivity index (χ0n) is 10.1. The number of carbonyl (C=O) groups excluding carboxylic acids is 1. The average molecular weight is 260 g/mol. The zero-order valence-corrected chi connectivity index (χ0v) is 10.9. The number of amides is 1. The van der Waals surface area contributed by atoms with E-state index in [0.717, 1.165) is 17.7 Å². The maximum atomic E-state index is 11.5. The number of aromatic nitrogens is 1. The van der Waals surface area contributed by atoms with Gasteiger partial charge in [0.15, 0.2) is 0 Å². The van der Waals surface area contributed by atoms with Gasteiger partial charge in [-0.05, 0) is 38.3 Å². The summed E-state index contributed by atoms with van der Waals surface area (Å²) in [5.41, 5.74) is 7.11. The van der Waals surface area contributed by atoms with E-state index in [1.54, 1.807) is 6.92 Å². The molecule has 0 aliphatic rings. The molecule has 1 aromatic heterocycles. The fraction of sp³-hybridized carbons (Fsp3) is 0.636. The number of hydrogen-bond donors (Lipinski definition) is 2. The van der Waals surface area contributed by atoms with E-state index in [1.165, 1.54) is 0 Å². The Bertz CT molecular complexity index is 357. The first-order valence-corrected chi connectivity index (χ1v) is 6.01. The molecule has 96 valence electrons. The fourth-order valence-electron chi connectivity index (χ4n) is 1.41. The summed E-state index contributed by atoms with van der Waals surface area (Å²) >= 11 is 5.80. The molecule has 1 unspecified atom stereocenters. The average Bonchev–Trinajstić information content (AvgIpc) is 2.55. The number of aryl methyl sites for hydroxylation is 1. The van der Waals surface area contributed by atoms with E-state index in [1.807, 2.05) is 6.92 Å². The summed E-state index contributed by atoms with van der Waals surface area (Å²) in [4.78, 5) is 11.5. The number of hydrogen-bond acceptors (Lipinski definition) is 4. The van der Waals surface area contributed by atoms with Gasteiger partial charge in [0.05, 0.1) is 5.69 Å². The minimum absolute atomic E-state index is 0.0117. The lowest BCUT2D eigenvalue weighted by Gasteiger charge is -2.06. The first-order chi connectivity index (χ1) is 8.00. The summed E-state index contributed by atoms with van der Waals surface area (Å²) in [5.74, 6) is -0.0117. The molecule has 0 saturated heterocycles. The molecule has 0 bridgehead atoms. The molecule has 1 heterocycles.